The highest BCUT2D eigenvalue weighted by molar-refractivity contribution is 9.10. The highest BCUT2D eigenvalue weighted by Gasteiger charge is 2.12. The summed E-state index contributed by atoms with van der Waals surface area (Å²) in [6.45, 7) is 0. The topological polar surface area (TPSA) is 104 Å². The van der Waals surface area contributed by atoms with Crippen LogP contribution in [0.4, 0.5) is 15.8 Å². The number of anilines is 2. The van der Waals surface area contributed by atoms with Gasteiger partial charge in [-0.05, 0) is 34.1 Å². The number of hydrogen-bond acceptors (Lipinski definition) is 4. The van der Waals surface area contributed by atoms with Crippen molar-refractivity contribution in [3.05, 3.63) is 40.4 Å². The fourth-order valence-electron chi connectivity index (χ4n) is 1.54. The maximum Gasteiger partial charge on any atom is 0.276 e. The van der Waals surface area contributed by atoms with Gasteiger partial charge in [-0.2, -0.15) is 5.10 Å². The molecule has 0 saturated heterocycles. The van der Waals surface area contributed by atoms with E-state index in [2.05, 4.69) is 36.2 Å². The minimum Gasteiger partial charge on any atom is -0.320 e. The number of H-pyrrole nitrogens is 1. The number of nitrogens with zero attached hydrogens (tertiary/aromatic N) is 1. The molecular formula is C11H10BrFN4O3S. The molecule has 0 atom stereocenters. The Balaban J connectivity index is 2.22. The summed E-state index contributed by atoms with van der Waals surface area (Å²) in [5.74, 6) is -1.25. The highest BCUT2D eigenvalue weighted by atomic mass is 79.9. The lowest BCUT2D eigenvalue weighted by molar-refractivity contribution is 0.102. The molecule has 0 spiro atoms. The summed E-state index contributed by atoms with van der Waals surface area (Å²) in [6, 6.07) is 4.81. The zero-order valence-corrected chi connectivity index (χ0v) is 13.0. The fraction of sp³-hybridized carbons (Fsp3) is 0.0909. The Bertz CT molecular complexity index is 791. The predicted octanol–water partition coefficient (Wildman–Crippen LogP) is 1.94. The summed E-state index contributed by atoms with van der Waals surface area (Å²) >= 11 is 3.11. The van der Waals surface area contributed by atoms with Crippen molar-refractivity contribution in [1.29, 1.82) is 0 Å². The van der Waals surface area contributed by atoms with E-state index in [1.807, 2.05) is 0 Å². The van der Waals surface area contributed by atoms with Crippen LogP contribution in [0.25, 0.3) is 0 Å². The smallest absolute Gasteiger partial charge is 0.276 e. The Morgan fingerprint density at radius 2 is 1.95 bits per heavy atom. The van der Waals surface area contributed by atoms with Crippen LogP contribution in [0.2, 0.25) is 0 Å². The van der Waals surface area contributed by atoms with Gasteiger partial charge in [-0.25, -0.2) is 12.8 Å². The monoisotopic (exact) mass is 376 g/mol. The van der Waals surface area contributed by atoms with E-state index in [9.17, 15) is 17.6 Å². The molecule has 10 heteroatoms. The van der Waals surface area contributed by atoms with Crippen LogP contribution in [0.5, 0.6) is 0 Å². The van der Waals surface area contributed by atoms with E-state index in [0.717, 1.165) is 18.4 Å². The van der Waals surface area contributed by atoms with Crippen molar-refractivity contribution in [3.8, 4) is 0 Å². The number of benzene rings is 1. The van der Waals surface area contributed by atoms with Gasteiger partial charge in [0.15, 0.2) is 5.69 Å². The number of aromatic nitrogens is 2. The second-order valence-corrected chi connectivity index (χ2v) is 6.76. The molecule has 7 nitrogen and oxygen atoms in total. The molecular weight excluding hydrogens is 367 g/mol. The van der Waals surface area contributed by atoms with Crippen molar-refractivity contribution < 1.29 is 17.6 Å². The van der Waals surface area contributed by atoms with Gasteiger partial charge < -0.3 is 5.32 Å². The molecule has 21 heavy (non-hydrogen) atoms. The van der Waals surface area contributed by atoms with Crippen molar-refractivity contribution in [1.82, 2.24) is 10.2 Å². The van der Waals surface area contributed by atoms with Gasteiger partial charge in [0.25, 0.3) is 5.91 Å². The van der Waals surface area contributed by atoms with Crippen LogP contribution in [0.3, 0.4) is 0 Å². The fourth-order valence-corrected chi connectivity index (χ4v) is 2.40. The maximum atomic E-state index is 13.4. The number of amides is 1. The van der Waals surface area contributed by atoms with Gasteiger partial charge in [-0.1, -0.05) is 0 Å². The van der Waals surface area contributed by atoms with Gasteiger partial charge in [0.1, 0.15) is 10.4 Å². The minimum atomic E-state index is -3.54. The minimum absolute atomic E-state index is 0.0102. The number of nitrogens with one attached hydrogen (secondary N) is 3. The number of rotatable bonds is 4. The third-order valence-electron chi connectivity index (χ3n) is 2.24. The second-order valence-electron chi connectivity index (χ2n) is 4.16. The largest absolute Gasteiger partial charge is 0.320 e. The van der Waals surface area contributed by atoms with Gasteiger partial charge in [0.05, 0.1) is 11.9 Å². The Morgan fingerprint density at radius 1 is 1.29 bits per heavy atom. The summed E-state index contributed by atoms with van der Waals surface area (Å²) in [7, 11) is -3.54. The highest BCUT2D eigenvalue weighted by Crippen LogP contribution is 2.20. The Hall–Kier alpha value is -1.94. The Kier molecular flexibility index (Phi) is 4.28. The van der Waals surface area contributed by atoms with Crippen molar-refractivity contribution in [2.24, 2.45) is 0 Å². The molecule has 1 aromatic carbocycles. The zero-order valence-electron chi connectivity index (χ0n) is 10.6. The summed E-state index contributed by atoms with van der Waals surface area (Å²) in [4.78, 5) is 11.9. The lowest BCUT2D eigenvalue weighted by Gasteiger charge is -2.08. The normalized spacial score (nSPS) is 11.2. The molecule has 0 aliphatic carbocycles. The van der Waals surface area contributed by atoms with Crippen LogP contribution >= 0.6 is 15.9 Å². The van der Waals surface area contributed by atoms with E-state index >= 15 is 0 Å². The van der Waals surface area contributed by atoms with Crippen molar-refractivity contribution in [2.75, 3.05) is 16.3 Å². The quantitative estimate of drug-likeness (QED) is 0.758. The Morgan fingerprint density at radius 3 is 2.52 bits per heavy atom. The molecule has 1 amide bonds. The maximum absolute atomic E-state index is 13.4. The molecule has 0 fully saturated rings. The van der Waals surface area contributed by atoms with Crippen LogP contribution in [0.1, 0.15) is 10.5 Å². The molecule has 0 bridgehead atoms. The molecule has 112 valence electrons. The summed E-state index contributed by atoms with van der Waals surface area (Å²) in [6.07, 6.45) is 0.942. The first-order chi connectivity index (χ1) is 9.73. The zero-order chi connectivity index (χ0) is 15.6. The molecule has 2 aromatic rings. The van der Waals surface area contributed by atoms with Crippen LogP contribution < -0.4 is 10.0 Å². The molecule has 3 N–H and O–H groups in total. The SMILES string of the molecule is CS(=O)(=O)Nc1cc(F)cc(NC(=O)c2cc(Br)[nH]n2)c1. The third-order valence-corrected chi connectivity index (χ3v) is 3.25. The third kappa shape index (κ3) is 4.53. The average molecular weight is 377 g/mol. The molecule has 0 aliphatic heterocycles. The number of aromatic amines is 1. The first kappa shape index (κ1) is 15.4. The predicted molar refractivity (Wildman–Crippen MR) is 79.1 cm³/mol. The second kappa shape index (κ2) is 5.82. The molecule has 0 saturated carbocycles. The van der Waals surface area contributed by atoms with E-state index in [-0.39, 0.29) is 17.1 Å². The summed E-state index contributed by atoms with van der Waals surface area (Å²) < 4.78 is 38.4. The van der Waals surface area contributed by atoms with E-state index in [4.69, 9.17) is 0 Å². The van der Waals surface area contributed by atoms with Gasteiger partial charge in [0.2, 0.25) is 10.0 Å². The number of carbonyl (C=O) groups is 1. The van der Waals surface area contributed by atoms with Crippen molar-refractivity contribution in [2.45, 2.75) is 0 Å². The molecule has 0 radical (unpaired) electrons. The van der Waals surface area contributed by atoms with E-state index < -0.39 is 21.7 Å². The Labute approximate surface area is 128 Å². The van der Waals surface area contributed by atoms with E-state index in [1.165, 1.54) is 12.1 Å². The molecule has 1 heterocycles. The van der Waals surface area contributed by atoms with Gasteiger partial charge in [0, 0.05) is 11.8 Å². The molecule has 1 aromatic heterocycles. The lowest BCUT2D eigenvalue weighted by Crippen LogP contribution is -2.14. The number of halogens is 2. The summed E-state index contributed by atoms with van der Waals surface area (Å²) in [5.41, 5.74) is 0.213. The standard InChI is InChI=1S/C11H10BrFN4O3S/c1-21(19,20)17-8-3-6(13)2-7(4-8)14-11(18)9-5-10(12)16-15-9/h2-5,17H,1H3,(H,14,18)(H,15,16). The number of sulfonamides is 1. The number of carbonyl (C=O) groups excluding carboxylic acids is 1. The average Bonchev–Trinajstić information content (AvgIpc) is 2.72. The first-order valence-electron chi connectivity index (χ1n) is 5.53. The van der Waals surface area contributed by atoms with Gasteiger partial charge in [-0.3, -0.25) is 14.6 Å². The molecule has 0 unspecified atom stereocenters. The van der Waals surface area contributed by atoms with Crippen LogP contribution in [-0.4, -0.2) is 30.8 Å². The number of hydrogen-bond donors (Lipinski definition) is 3. The van der Waals surface area contributed by atoms with E-state index in [1.54, 1.807) is 0 Å². The van der Waals surface area contributed by atoms with Crippen molar-refractivity contribution in [3.63, 3.8) is 0 Å². The van der Waals surface area contributed by atoms with Gasteiger partial charge >= 0.3 is 0 Å². The van der Waals surface area contributed by atoms with Crippen LogP contribution in [-0.2, 0) is 10.0 Å². The molecule has 2 rings (SSSR count). The first-order valence-corrected chi connectivity index (χ1v) is 8.22. The van der Waals surface area contributed by atoms with Crippen LogP contribution in [0, 0.1) is 5.82 Å². The van der Waals surface area contributed by atoms with Crippen LogP contribution in [0.15, 0.2) is 28.9 Å². The van der Waals surface area contributed by atoms with Gasteiger partial charge in [-0.15, -0.1) is 0 Å². The lowest BCUT2D eigenvalue weighted by atomic mass is 10.2. The van der Waals surface area contributed by atoms with Crippen molar-refractivity contribution >= 4 is 43.2 Å². The summed E-state index contributed by atoms with van der Waals surface area (Å²) in [5, 5.41) is 8.68. The molecule has 0 aliphatic rings. The van der Waals surface area contributed by atoms with E-state index in [0.29, 0.717) is 4.60 Å².